The number of hydrazone groups is 1. The lowest BCUT2D eigenvalue weighted by molar-refractivity contribution is -0.120. The largest absolute Gasteiger partial charge is 0.497 e. The molecule has 114 valence electrons. The maximum Gasteiger partial charge on any atom is 0.244 e. The number of hydrogen-bond acceptors (Lipinski definition) is 3. The molecule has 2 aromatic carbocycles. The van der Waals surface area contributed by atoms with E-state index in [2.05, 4.69) is 10.5 Å². The van der Waals surface area contributed by atoms with Crippen LogP contribution in [0.5, 0.6) is 5.75 Å². The molecule has 1 amide bonds. The molecular formula is C17H17FN2O2. The number of ether oxygens (including phenoxy) is 1. The van der Waals surface area contributed by atoms with E-state index in [4.69, 9.17) is 4.74 Å². The second-order valence-corrected chi connectivity index (χ2v) is 4.76. The molecule has 0 aliphatic carbocycles. The fourth-order valence-corrected chi connectivity index (χ4v) is 1.87. The van der Waals surface area contributed by atoms with Crippen LogP contribution in [0.15, 0.2) is 53.6 Å². The first-order valence-corrected chi connectivity index (χ1v) is 6.80. The minimum absolute atomic E-state index is 0.216. The van der Waals surface area contributed by atoms with Gasteiger partial charge in [0.1, 0.15) is 11.6 Å². The van der Waals surface area contributed by atoms with Gasteiger partial charge in [0, 0.05) is 0 Å². The highest BCUT2D eigenvalue weighted by molar-refractivity contribution is 5.99. The molecule has 2 rings (SSSR count). The standard InChI is InChI=1S/C17H17FN2O2/c1-12(14-5-7-15(18)8-6-14)19-20-17(21)11-13-3-9-16(22-2)10-4-13/h3-10H,11H2,1-2H3,(H,20,21)/b19-12+. The maximum atomic E-state index is 12.8. The van der Waals surface area contributed by atoms with E-state index >= 15 is 0 Å². The fraction of sp³-hybridized carbons (Fsp3) is 0.176. The van der Waals surface area contributed by atoms with E-state index in [0.717, 1.165) is 16.9 Å². The molecule has 22 heavy (non-hydrogen) atoms. The summed E-state index contributed by atoms with van der Waals surface area (Å²) < 4.78 is 17.9. The van der Waals surface area contributed by atoms with Gasteiger partial charge in [-0.05, 0) is 42.3 Å². The number of benzene rings is 2. The van der Waals surface area contributed by atoms with E-state index in [9.17, 15) is 9.18 Å². The van der Waals surface area contributed by atoms with Crippen LogP contribution in [0, 0.1) is 5.82 Å². The quantitative estimate of drug-likeness (QED) is 0.682. The molecule has 0 unspecified atom stereocenters. The minimum atomic E-state index is -0.305. The number of halogens is 1. The normalized spacial score (nSPS) is 11.1. The molecule has 0 heterocycles. The first-order chi connectivity index (χ1) is 10.6. The number of carbonyl (C=O) groups excluding carboxylic acids is 1. The minimum Gasteiger partial charge on any atom is -0.497 e. The van der Waals surface area contributed by atoms with Gasteiger partial charge in [-0.15, -0.1) is 0 Å². The molecular weight excluding hydrogens is 283 g/mol. The van der Waals surface area contributed by atoms with Crippen LogP contribution in [-0.4, -0.2) is 18.7 Å². The highest BCUT2D eigenvalue weighted by Crippen LogP contribution is 2.11. The molecule has 1 N–H and O–H groups in total. The van der Waals surface area contributed by atoms with Crippen LogP contribution in [-0.2, 0) is 11.2 Å². The van der Waals surface area contributed by atoms with Gasteiger partial charge in [0.15, 0.2) is 0 Å². The Morgan fingerprint density at radius 3 is 2.36 bits per heavy atom. The Bertz CT molecular complexity index is 664. The van der Waals surface area contributed by atoms with Crippen molar-refractivity contribution in [3.8, 4) is 5.75 Å². The Morgan fingerprint density at radius 2 is 1.77 bits per heavy atom. The average molecular weight is 300 g/mol. The summed E-state index contributed by atoms with van der Waals surface area (Å²) in [5.74, 6) is 0.223. The summed E-state index contributed by atoms with van der Waals surface area (Å²) >= 11 is 0. The number of nitrogens with zero attached hydrogens (tertiary/aromatic N) is 1. The van der Waals surface area contributed by atoms with Crippen LogP contribution in [0.4, 0.5) is 4.39 Å². The second-order valence-electron chi connectivity index (χ2n) is 4.76. The summed E-state index contributed by atoms with van der Waals surface area (Å²) in [7, 11) is 1.59. The van der Waals surface area contributed by atoms with Crippen molar-refractivity contribution in [1.82, 2.24) is 5.43 Å². The van der Waals surface area contributed by atoms with Gasteiger partial charge in [0.25, 0.3) is 0 Å². The van der Waals surface area contributed by atoms with Crippen LogP contribution in [0.2, 0.25) is 0 Å². The van der Waals surface area contributed by atoms with Crippen LogP contribution in [0.3, 0.4) is 0 Å². The Hall–Kier alpha value is -2.69. The highest BCUT2D eigenvalue weighted by Gasteiger charge is 2.04. The van der Waals surface area contributed by atoms with Crippen LogP contribution >= 0.6 is 0 Å². The van der Waals surface area contributed by atoms with Gasteiger partial charge >= 0.3 is 0 Å². The second kappa shape index (κ2) is 7.36. The van der Waals surface area contributed by atoms with Crippen LogP contribution < -0.4 is 10.2 Å². The summed E-state index contributed by atoms with van der Waals surface area (Å²) in [6.45, 7) is 1.75. The summed E-state index contributed by atoms with van der Waals surface area (Å²) in [5.41, 5.74) is 4.73. The first kappa shape index (κ1) is 15.7. The number of carbonyl (C=O) groups is 1. The van der Waals surface area contributed by atoms with Crippen molar-refractivity contribution < 1.29 is 13.9 Å². The monoisotopic (exact) mass is 300 g/mol. The molecule has 0 fully saturated rings. The number of methoxy groups -OCH3 is 1. The molecule has 0 saturated heterocycles. The van der Waals surface area contributed by atoms with Crippen molar-refractivity contribution >= 4 is 11.6 Å². The van der Waals surface area contributed by atoms with Crippen molar-refractivity contribution in [1.29, 1.82) is 0 Å². The van der Waals surface area contributed by atoms with Crippen molar-refractivity contribution in [2.24, 2.45) is 5.10 Å². The van der Waals surface area contributed by atoms with Crippen LogP contribution in [0.25, 0.3) is 0 Å². The third-order valence-electron chi connectivity index (χ3n) is 3.13. The molecule has 0 spiro atoms. The number of nitrogens with one attached hydrogen (secondary N) is 1. The molecule has 0 bridgehead atoms. The molecule has 5 heteroatoms. The zero-order chi connectivity index (χ0) is 15.9. The molecule has 0 aliphatic rings. The van der Waals surface area contributed by atoms with Gasteiger partial charge in [0.2, 0.25) is 5.91 Å². The summed E-state index contributed by atoms with van der Waals surface area (Å²) in [6, 6.07) is 13.2. The van der Waals surface area contributed by atoms with Crippen LogP contribution in [0.1, 0.15) is 18.1 Å². The highest BCUT2D eigenvalue weighted by atomic mass is 19.1. The Labute approximate surface area is 128 Å². The smallest absolute Gasteiger partial charge is 0.244 e. The summed E-state index contributed by atoms with van der Waals surface area (Å²) in [5, 5.41) is 4.02. The van der Waals surface area contributed by atoms with E-state index in [-0.39, 0.29) is 18.1 Å². The molecule has 2 aromatic rings. The van der Waals surface area contributed by atoms with Crippen molar-refractivity contribution in [2.75, 3.05) is 7.11 Å². The van der Waals surface area contributed by atoms with Crippen molar-refractivity contribution in [3.63, 3.8) is 0 Å². The zero-order valence-electron chi connectivity index (χ0n) is 12.5. The molecule has 0 atom stereocenters. The lowest BCUT2D eigenvalue weighted by Crippen LogP contribution is -2.21. The van der Waals surface area contributed by atoms with Gasteiger partial charge in [-0.3, -0.25) is 4.79 Å². The Morgan fingerprint density at radius 1 is 1.14 bits per heavy atom. The van der Waals surface area contributed by atoms with E-state index in [1.807, 2.05) is 12.1 Å². The lowest BCUT2D eigenvalue weighted by Gasteiger charge is -2.04. The molecule has 0 aliphatic heterocycles. The SMILES string of the molecule is COc1ccc(CC(=O)N/N=C(\C)c2ccc(F)cc2)cc1. The zero-order valence-corrected chi connectivity index (χ0v) is 12.5. The summed E-state index contributed by atoms with van der Waals surface area (Å²) in [6.07, 6.45) is 0.226. The van der Waals surface area contributed by atoms with E-state index in [1.165, 1.54) is 12.1 Å². The van der Waals surface area contributed by atoms with Crippen molar-refractivity contribution in [3.05, 3.63) is 65.5 Å². The molecule has 4 nitrogen and oxygen atoms in total. The number of rotatable bonds is 5. The molecule has 0 saturated carbocycles. The van der Waals surface area contributed by atoms with Gasteiger partial charge in [0.05, 0.1) is 19.2 Å². The van der Waals surface area contributed by atoms with E-state index in [1.54, 1.807) is 38.3 Å². The Kier molecular flexibility index (Phi) is 5.25. The first-order valence-electron chi connectivity index (χ1n) is 6.80. The lowest BCUT2D eigenvalue weighted by atomic mass is 10.1. The molecule has 0 radical (unpaired) electrons. The number of amides is 1. The average Bonchev–Trinajstić information content (AvgIpc) is 2.54. The van der Waals surface area contributed by atoms with Gasteiger partial charge < -0.3 is 4.74 Å². The predicted molar refractivity (Wildman–Crippen MR) is 83.5 cm³/mol. The summed E-state index contributed by atoms with van der Waals surface area (Å²) in [4.78, 5) is 11.8. The third kappa shape index (κ3) is 4.41. The predicted octanol–water partition coefficient (Wildman–Crippen LogP) is 2.92. The Balaban J connectivity index is 1.93. The third-order valence-corrected chi connectivity index (χ3v) is 3.13. The topological polar surface area (TPSA) is 50.7 Å². The maximum absolute atomic E-state index is 12.8. The van der Waals surface area contributed by atoms with Crippen molar-refractivity contribution in [2.45, 2.75) is 13.3 Å². The van der Waals surface area contributed by atoms with E-state index in [0.29, 0.717) is 5.71 Å². The van der Waals surface area contributed by atoms with Gasteiger partial charge in [-0.2, -0.15) is 5.10 Å². The number of hydrogen-bond donors (Lipinski definition) is 1. The fourth-order valence-electron chi connectivity index (χ4n) is 1.87. The van der Waals surface area contributed by atoms with Gasteiger partial charge in [-0.25, -0.2) is 9.82 Å². The van der Waals surface area contributed by atoms with E-state index < -0.39 is 0 Å². The van der Waals surface area contributed by atoms with Gasteiger partial charge in [-0.1, -0.05) is 24.3 Å². The molecule has 0 aromatic heterocycles.